The van der Waals surface area contributed by atoms with Gasteiger partial charge in [-0.25, -0.2) is 4.98 Å². The van der Waals surface area contributed by atoms with Crippen LogP contribution in [0.2, 0.25) is 0 Å². The van der Waals surface area contributed by atoms with Crippen LogP contribution in [0.5, 0.6) is 0 Å². The zero-order chi connectivity index (χ0) is 12.1. The fourth-order valence-corrected chi connectivity index (χ4v) is 2.56. The molecule has 0 radical (unpaired) electrons. The molecule has 2 rings (SSSR count). The lowest BCUT2D eigenvalue weighted by Crippen LogP contribution is -2.42. The van der Waals surface area contributed by atoms with Crippen molar-refractivity contribution in [3.63, 3.8) is 0 Å². The van der Waals surface area contributed by atoms with Crippen molar-refractivity contribution in [2.45, 2.75) is 45.3 Å². The normalized spacial score (nSPS) is 21.0. The lowest BCUT2D eigenvalue weighted by atomic mass is 10.0. The maximum atomic E-state index is 4.21. The van der Waals surface area contributed by atoms with Gasteiger partial charge in [-0.15, -0.1) is 0 Å². The van der Waals surface area contributed by atoms with Crippen LogP contribution in [0.3, 0.4) is 0 Å². The molecule has 2 heterocycles. The third-order valence-electron chi connectivity index (χ3n) is 3.52. The second-order valence-electron chi connectivity index (χ2n) is 5.01. The first kappa shape index (κ1) is 12.6. The third kappa shape index (κ3) is 3.54. The van der Waals surface area contributed by atoms with Crippen molar-refractivity contribution < 1.29 is 0 Å². The molecule has 4 nitrogen and oxygen atoms in total. The Morgan fingerprint density at radius 2 is 2.41 bits per heavy atom. The first-order valence-electron chi connectivity index (χ1n) is 6.70. The maximum Gasteiger partial charge on any atom is 0.0948 e. The Morgan fingerprint density at radius 3 is 3.12 bits per heavy atom. The van der Waals surface area contributed by atoms with Crippen LogP contribution >= 0.6 is 0 Å². The summed E-state index contributed by atoms with van der Waals surface area (Å²) in [7, 11) is 2.20. The number of piperidine rings is 1. The van der Waals surface area contributed by atoms with Gasteiger partial charge in [0, 0.05) is 31.9 Å². The number of rotatable bonds is 5. The summed E-state index contributed by atoms with van der Waals surface area (Å²) in [5.41, 5.74) is 1.31. The highest BCUT2D eigenvalue weighted by molar-refractivity contribution is 4.98. The van der Waals surface area contributed by atoms with E-state index < -0.39 is 0 Å². The van der Waals surface area contributed by atoms with Crippen LogP contribution in [0, 0.1) is 0 Å². The van der Waals surface area contributed by atoms with Crippen molar-refractivity contribution in [3.8, 4) is 0 Å². The van der Waals surface area contributed by atoms with Gasteiger partial charge >= 0.3 is 0 Å². The number of nitrogens with zero attached hydrogens (tertiary/aromatic N) is 3. The maximum absolute atomic E-state index is 4.21. The first-order chi connectivity index (χ1) is 8.29. The van der Waals surface area contributed by atoms with Gasteiger partial charge in [0.15, 0.2) is 0 Å². The van der Waals surface area contributed by atoms with E-state index in [0.717, 1.165) is 19.6 Å². The second kappa shape index (κ2) is 6.17. The summed E-state index contributed by atoms with van der Waals surface area (Å²) in [6, 6.07) is 0.673. The molecule has 0 amide bonds. The molecule has 17 heavy (non-hydrogen) atoms. The molecule has 4 heteroatoms. The van der Waals surface area contributed by atoms with Gasteiger partial charge in [-0.2, -0.15) is 0 Å². The number of hydrogen-bond donors (Lipinski definition) is 1. The van der Waals surface area contributed by atoms with Gasteiger partial charge < -0.3 is 9.88 Å². The van der Waals surface area contributed by atoms with Crippen LogP contribution in [0.4, 0.5) is 0 Å². The van der Waals surface area contributed by atoms with Crippen LogP contribution in [0.15, 0.2) is 12.5 Å². The lowest BCUT2D eigenvalue weighted by Gasteiger charge is -2.28. The molecule has 0 bridgehead atoms. The molecule has 1 unspecified atom stereocenters. The average Bonchev–Trinajstić information content (AvgIpc) is 2.77. The molecule has 1 atom stereocenters. The quantitative estimate of drug-likeness (QED) is 0.840. The number of aryl methyl sites for hydroxylation is 1. The molecule has 1 N–H and O–H groups in total. The first-order valence-corrected chi connectivity index (χ1v) is 6.70. The number of likely N-dealkylation sites (N-methyl/N-ethyl adjacent to an activating group) is 1. The Morgan fingerprint density at radius 1 is 1.53 bits per heavy atom. The SMILES string of the molecule is CCn1cncc1CN(C)CC1CCCCN1. The van der Waals surface area contributed by atoms with E-state index in [1.54, 1.807) is 0 Å². The van der Waals surface area contributed by atoms with Crippen molar-refractivity contribution in [1.82, 2.24) is 19.8 Å². The fourth-order valence-electron chi connectivity index (χ4n) is 2.56. The van der Waals surface area contributed by atoms with Crippen molar-refractivity contribution in [2.75, 3.05) is 20.1 Å². The third-order valence-corrected chi connectivity index (χ3v) is 3.52. The average molecular weight is 236 g/mol. The summed E-state index contributed by atoms with van der Waals surface area (Å²) in [4.78, 5) is 6.61. The molecule has 0 spiro atoms. The van der Waals surface area contributed by atoms with Crippen LogP contribution in [0.25, 0.3) is 0 Å². The van der Waals surface area contributed by atoms with E-state index in [0.29, 0.717) is 6.04 Å². The van der Waals surface area contributed by atoms with Gasteiger partial charge in [-0.05, 0) is 33.4 Å². The van der Waals surface area contributed by atoms with E-state index >= 15 is 0 Å². The molecule has 0 aliphatic carbocycles. The van der Waals surface area contributed by atoms with E-state index in [-0.39, 0.29) is 0 Å². The monoisotopic (exact) mass is 236 g/mol. The molecule has 1 fully saturated rings. The van der Waals surface area contributed by atoms with E-state index in [4.69, 9.17) is 0 Å². The highest BCUT2D eigenvalue weighted by Crippen LogP contribution is 2.10. The molecular formula is C13H24N4. The molecule has 0 saturated carbocycles. The van der Waals surface area contributed by atoms with Crippen LogP contribution < -0.4 is 5.32 Å². The lowest BCUT2D eigenvalue weighted by molar-refractivity contribution is 0.252. The topological polar surface area (TPSA) is 33.1 Å². The number of hydrogen-bond acceptors (Lipinski definition) is 3. The number of aromatic nitrogens is 2. The van der Waals surface area contributed by atoms with Gasteiger partial charge in [-0.3, -0.25) is 4.90 Å². The van der Waals surface area contributed by atoms with Gasteiger partial charge in [0.1, 0.15) is 0 Å². The van der Waals surface area contributed by atoms with Crippen molar-refractivity contribution in [1.29, 1.82) is 0 Å². The zero-order valence-electron chi connectivity index (χ0n) is 11.0. The standard InChI is InChI=1S/C13H24N4/c1-3-17-11-14-8-13(17)10-16(2)9-12-6-4-5-7-15-12/h8,11-12,15H,3-7,9-10H2,1-2H3. The predicted molar refractivity (Wildman–Crippen MR) is 69.9 cm³/mol. The van der Waals surface area contributed by atoms with Crippen molar-refractivity contribution in [2.24, 2.45) is 0 Å². The summed E-state index contributed by atoms with van der Waals surface area (Å²) in [5, 5.41) is 3.59. The number of nitrogens with one attached hydrogen (secondary N) is 1. The smallest absolute Gasteiger partial charge is 0.0948 e. The van der Waals surface area contributed by atoms with E-state index in [2.05, 4.69) is 33.7 Å². The second-order valence-corrected chi connectivity index (χ2v) is 5.01. The van der Waals surface area contributed by atoms with Crippen LogP contribution in [-0.4, -0.2) is 40.6 Å². The Hall–Kier alpha value is -0.870. The highest BCUT2D eigenvalue weighted by Gasteiger charge is 2.15. The Labute approximate surface area is 104 Å². The van der Waals surface area contributed by atoms with Gasteiger partial charge in [0.05, 0.1) is 12.0 Å². The van der Waals surface area contributed by atoms with E-state index in [1.165, 1.54) is 31.5 Å². The minimum Gasteiger partial charge on any atom is -0.334 e. The van der Waals surface area contributed by atoms with E-state index in [1.807, 2.05) is 12.5 Å². The van der Waals surface area contributed by atoms with Crippen LogP contribution in [0.1, 0.15) is 31.9 Å². The summed E-state index contributed by atoms with van der Waals surface area (Å²) < 4.78 is 2.21. The molecule has 0 aromatic carbocycles. The Kier molecular flexibility index (Phi) is 4.57. The molecule has 1 saturated heterocycles. The molecule has 96 valence electrons. The predicted octanol–water partition coefficient (Wildman–Crippen LogP) is 1.48. The molecular weight excluding hydrogens is 212 g/mol. The van der Waals surface area contributed by atoms with E-state index in [9.17, 15) is 0 Å². The Balaban J connectivity index is 1.82. The van der Waals surface area contributed by atoms with Crippen molar-refractivity contribution in [3.05, 3.63) is 18.2 Å². The highest BCUT2D eigenvalue weighted by atomic mass is 15.2. The largest absolute Gasteiger partial charge is 0.334 e. The van der Waals surface area contributed by atoms with Gasteiger partial charge in [0.2, 0.25) is 0 Å². The Bertz CT molecular complexity index is 328. The minimum absolute atomic E-state index is 0.673. The number of imidazole rings is 1. The minimum atomic E-state index is 0.673. The zero-order valence-corrected chi connectivity index (χ0v) is 11.0. The summed E-state index contributed by atoms with van der Waals surface area (Å²) in [6.07, 6.45) is 7.93. The van der Waals surface area contributed by atoms with Gasteiger partial charge in [0.25, 0.3) is 0 Å². The molecule has 1 aliphatic rings. The molecule has 1 aromatic heterocycles. The molecule has 1 aromatic rings. The summed E-state index contributed by atoms with van der Waals surface area (Å²) >= 11 is 0. The van der Waals surface area contributed by atoms with Crippen molar-refractivity contribution >= 4 is 0 Å². The van der Waals surface area contributed by atoms with Crippen LogP contribution in [-0.2, 0) is 13.1 Å². The summed E-state index contributed by atoms with van der Waals surface area (Å²) in [5.74, 6) is 0. The summed E-state index contributed by atoms with van der Waals surface area (Å²) in [6.45, 7) is 6.48. The molecule has 1 aliphatic heterocycles. The van der Waals surface area contributed by atoms with Gasteiger partial charge in [-0.1, -0.05) is 6.42 Å². The fraction of sp³-hybridized carbons (Fsp3) is 0.769.